The van der Waals surface area contributed by atoms with Crippen molar-refractivity contribution < 1.29 is 32.7 Å². The molecule has 13 heteroatoms. The van der Waals surface area contributed by atoms with Crippen LogP contribution < -0.4 is 0 Å². The lowest BCUT2D eigenvalue weighted by atomic mass is 9.86. The van der Waals surface area contributed by atoms with Crippen molar-refractivity contribution in [2.75, 3.05) is 13.1 Å². The van der Waals surface area contributed by atoms with E-state index in [9.17, 15) is 32.7 Å². The monoisotopic (exact) mass is 588 g/mol. The lowest BCUT2D eigenvalue weighted by Gasteiger charge is -2.30. The largest absolute Gasteiger partial charge is 0.481 e. The molecule has 2 saturated carbocycles. The Hall–Kier alpha value is -2.66. The highest BCUT2D eigenvalue weighted by Crippen LogP contribution is 2.39. The van der Waals surface area contributed by atoms with Crippen LogP contribution in [0.25, 0.3) is 0 Å². The maximum Gasteiger partial charge on any atom is 0.433 e. The highest BCUT2D eigenvalue weighted by molar-refractivity contribution is 6.39. The predicted molar refractivity (Wildman–Crippen MR) is 137 cm³/mol. The Balaban J connectivity index is 1.65. The molecule has 0 saturated heterocycles. The van der Waals surface area contributed by atoms with Crippen LogP contribution in [0, 0.1) is 11.8 Å². The van der Waals surface area contributed by atoms with Crippen molar-refractivity contribution in [1.82, 2.24) is 19.7 Å². The Labute approximate surface area is 233 Å². The second-order valence-electron chi connectivity index (χ2n) is 10.3. The summed E-state index contributed by atoms with van der Waals surface area (Å²) in [6.07, 6.45) is 3.81. The number of hydrogen-bond donors (Lipinski definition) is 1. The third-order valence-corrected chi connectivity index (χ3v) is 8.22. The minimum Gasteiger partial charge on any atom is -0.481 e. The average Bonchev–Trinajstić information content (AvgIpc) is 3.34. The summed E-state index contributed by atoms with van der Waals surface area (Å²) in [5, 5.41) is 13.2. The Kier molecular flexibility index (Phi) is 9.21. The van der Waals surface area contributed by atoms with Crippen LogP contribution in [0.3, 0.4) is 0 Å². The molecule has 1 N–H and O–H groups in total. The minimum absolute atomic E-state index is 0.0154. The van der Waals surface area contributed by atoms with Crippen molar-refractivity contribution in [3.8, 4) is 0 Å². The summed E-state index contributed by atoms with van der Waals surface area (Å²) in [6, 6.07) is -0.693. The molecule has 0 bridgehead atoms. The van der Waals surface area contributed by atoms with Gasteiger partial charge in [0.15, 0.2) is 11.5 Å². The molecule has 0 unspecified atom stereocenters. The van der Waals surface area contributed by atoms with E-state index in [0.717, 1.165) is 47.9 Å². The first-order valence-corrected chi connectivity index (χ1v) is 13.7. The first-order chi connectivity index (χ1) is 18.5. The molecule has 0 spiro atoms. The second-order valence-corrected chi connectivity index (χ2v) is 11.1. The van der Waals surface area contributed by atoms with Crippen LogP contribution in [-0.2, 0) is 11.0 Å². The molecule has 0 radical (unpaired) electrons. The summed E-state index contributed by atoms with van der Waals surface area (Å²) >= 11 is 12.3. The summed E-state index contributed by atoms with van der Waals surface area (Å²) in [6.45, 7) is -0.401. The first kappa shape index (κ1) is 29.3. The highest BCUT2D eigenvalue weighted by Gasteiger charge is 2.43. The number of pyridine rings is 1. The normalized spacial score (nSPS) is 20.5. The molecule has 1 amide bonds. The van der Waals surface area contributed by atoms with E-state index in [1.54, 1.807) is 0 Å². The zero-order chi connectivity index (χ0) is 28.3. The van der Waals surface area contributed by atoms with Gasteiger partial charge >= 0.3 is 12.1 Å². The van der Waals surface area contributed by atoms with Crippen molar-refractivity contribution in [1.29, 1.82) is 0 Å². The van der Waals surface area contributed by atoms with E-state index in [4.69, 9.17) is 23.2 Å². The van der Waals surface area contributed by atoms with Crippen LogP contribution in [0.15, 0.2) is 18.6 Å². The van der Waals surface area contributed by atoms with E-state index >= 15 is 0 Å². The number of aliphatic carboxylic acids is 1. The number of rotatable bonds is 8. The standard InChI is InChI=1S/C26H29Cl2F3N4O4/c27-19-11-32-12-20(28)22(19)21(36)14-34(13-15-4-2-1-3-5-15)24(37)18-10-33-35(23(18)26(29,30)31)17-8-6-16(7-9-17)25(38)39/h10-12,15-17H,1-9,13-14H2,(H,38,39)/t16-,17-. The predicted octanol–water partition coefficient (Wildman–Crippen LogP) is 6.33. The van der Waals surface area contributed by atoms with E-state index < -0.39 is 53.6 Å². The van der Waals surface area contributed by atoms with Crippen molar-refractivity contribution in [2.45, 2.75) is 70.0 Å². The molecule has 4 rings (SSSR count). The van der Waals surface area contributed by atoms with E-state index in [0.29, 0.717) is 0 Å². The quantitative estimate of drug-likeness (QED) is 0.361. The van der Waals surface area contributed by atoms with Gasteiger partial charge in [-0.3, -0.25) is 24.0 Å². The fraction of sp³-hybridized carbons (Fsp3) is 0.577. The van der Waals surface area contributed by atoms with Crippen LogP contribution in [0.2, 0.25) is 10.0 Å². The van der Waals surface area contributed by atoms with Crippen molar-refractivity contribution in [3.63, 3.8) is 0 Å². The van der Waals surface area contributed by atoms with Gasteiger partial charge in [0.1, 0.15) is 0 Å². The lowest BCUT2D eigenvalue weighted by Crippen LogP contribution is -2.40. The van der Waals surface area contributed by atoms with Gasteiger partial charge in [0, 0.05) is 18.9 Å². The summed E-state index contributed by atoms with van der Waals surface area (Å²) in [7, 11) is 0. The number of carbonyl (C=O) groups is 3. The fourth-order valence-electron chi connectivity index (χ4n) is 5.65. The molecule has 0 atom stereocenters. The third kappa shape index (κ3) is 6.74. The van der Waals surface area contributed by atoms with E-state index in [-0.39, 0.29) is 53.8 Å². The van der Waals surface area contributed by atoms with Crippen molar-refractivity contribution >= 4 is 40.9 Å². The molecule has 2 aliphatic rings. The Morgan fingerprint density at radius 1 is 0.974 bits per heavy atom. The molecule has 2 aliphatic carbocycles. The molecule has 8 nitrogen and oxygen atoms in total. The Morgan fingerprint density at radius 3 is 2.15 bits per heavy atom. The van der Waals surface area contributed by atoms with Crippen LogP contribution in [0.4, 0.5) is 13.2 Å². The smallest absolute Gasteiger partial charge is 0.433 e. The second kappa shape index (κ2) is 12.2. The number of carbonyl (C=O) groups excluding carboxylic acids is 2. The molecular weight excluding hydrogens is 560 g/mol. The SMILES string of the molecule is O=C(CN(CC1CCCCC1)C(=O)c1cnn([C@H]2CC[C@H](C(=O)O)CC2)c1C(F)(F)F)c1c(Cl)cncc1Cl. The van der Waals surface area contributed by atoms with Crippen LogP contribution >= 0.6 is 23.2 Å². The van der Waals surface area contributed by atoms with Gasteiger partial charge in [0.05, 0.1) is 45.9 Å². The van der Waals surface area contributed by atoms with Crippen LogP contribution in [0.5, 0.6) is 0 Å². The zero-order valence-corrected chi connectivity index (χ0v) is 22.6. The van der Waals surface area contributed by atoms with Crippen molar-refractivity contribution in [2.24, 2.45) is 11.8 Å². The number of amides is 1. The average molecular weight is 589 g/mol. The van der Waals surface area contributed by atoms with Gasteiger partial charge in [-0.1, -0.05) is 42.5 Å². The molecule has 2 aromatic rings. The van der Waals surface area contributed by atoms with Gasteiger partial charge in [-0.05, 0) is 44.4 Å². The molecule has 212 valence electrons. The summed E-state index contributed by atoms with van der Waals surface area (Å²) in [4.78, 5) is 43.2. The summed E-state index contributed by atoms with van der Waals surface area (Å²) < 4.78 is 44.0. The summed E-state index contributed by atoms with van der Waals surface area (Å²) in [5.74, 6) is -3.11. The number of alkyl halides is 3. The molecule has 0 aromatic carbocycles. The Morgan fingerprint density at radius 2 is 1.59 bits per heavy atom. The number of halogens is 5. The summed E-state index contributed by atoms with van der Waals surface area (Å²) in [5.41, 5.74) is -1.87. The minimum atomic E-state index is -4.90. The molecule has 2 fully saturated rings. The van der Waals surface area contributed by atoms with Gasteiger partial charge in [-0.2, -0.15) is 18.3 Å². The number of hydrogen-bond acceptors (Lipinski definition) is 5. The molecular formula is C26H29Cl2F3N4O4. The molecule has 39 heavy (non-hydrogen) atoms. The van der Waals surface area contributed by atoms with E-state index in [1.165, 1.54) is 12.4 Å². The molecule has 2 aromatic heterocycles. The van der Waals surface area contributed by atoms with Crippen LogP contribution in [-0.4, -0.2) is 55.5 Å². The first-order valence-electron chi connectivity index (χ1n) is 13.0. The number of aromatic nitrogens is 3. The Bertz CT molecular complexity index is 1200. The number of carboxylic acid groups (broad SMARTS) is 1. The van der Waals surface area contributed by atoms with Gasteiger partial charge in [-0.25, -0.2) is 0 Å². The highest BCUT2D eigenvalue weighted by atomic mass is 35.5. The van der Waals surface area contributed by atoms with E-state index in [2.05, 4.69) is 10.1 Å². The van der Waals surface area contributed by atoms with Gasteiger partial charge in [0.25, 0.3) is 5.91 Å². The molecule has 2 heterocycles. The molecule has 0 aliphatic heterocycles. The maximum atomic E-state index is 14.4. The number of Topliss-reactive ketones (excluding diaryl/α,β-unsaturated/α-hetero) is 1. The number of ketones is 1. The lowest BCUT2D eigenvalue weighted by molar-refractivity contribution is -0.147. The maximum absolute atomic E-state index is 14.4. The zero-order valence-electron chi connectivity index (χ0n) is 21.1. The van der Waals surface area contributed by atoms with Crippen LogP contribution in [0.1, 0.15) is 90.2 Å². The third-order valence-electron chi connectivity index (χ3n) is 7.64. The number of nitrogens with zero attached hydrogens (tertiary/aromatic N) is 4. The van der Waals surface area contributed by atoms with Crippen molar-refractivity contribution in [3.05, 3.63) is 45.5 Å². The topological polar surface area (TPSA) is 105 Å². The van der Waals surface area contributed by atoms with Gasteiger partial charge in [0.2, 0.25) is 0 Å². The van der Waals surface area contributed by atoms with Gasteiger partial charge in [-0.15, -0.1) is 0 Å². The van der Waals surface area contributed by atoms with Gasteiger partial charge < -0.3 is 10.0 Å². The fourth-order valence-corrected chi connectivity index (χ4v) is 6.22. The van der Waals surface area contributed by atoms with E-state index in [1.807, 2.05) is 0 Å². The number of carboxylic acids is 1.